The van der Waals surface area contributed by atoms with Crippen LogP contribution in [0.2, 0.25) is 0 Å². The third-order valence-electron chi connectivity index (χ3n) is 2.66. The van der Waals surface area contributed by atoms with Gasteiger partial charge in [-0.1, -0.05) is 44.2 Å². The SMILES string of the molecule is CC(C)(c1ccccc1)C1CO1. The Morgan fingerprint density at radius 2 is 1.83 bits per heavy atom. The summed E-state index contributed by atoms with van der Waals surface area (Å²) in [5.74, 6) is 0. The molecular weight excluding hydrogens is 148 g/mol. The average molecular weight is 162 g/mol. The molecular formula is C11H14O. The number of rotatable bonds is 2. The summed E-state index contributed by atoms with van der Waals surface area (Å²) < 4.78 is 5.33. The van der Waals surface area contributed by atoms with Crippen molar-refractivity contribution in [2.45, 2.75) is 25.4 Å². The molecule has 1 heterocycles. The van der Waals surface area contributed by atoms with Crippen LogP contribution in [0.5, 0.6) is 0 Å². The summed E-state index contributed by atoms with van der Waals surface area (Å²) in [6.45, 7) is 5.39. The van der Waals surface area contributed by atoms with E-state index < -0.39 is 0 Å². The minimum atomic E-state index is 0.182. The lowest BCUT2D eigenvalue weighted by Crippen LogP contribution is -2.24. The Kier molecular flexibility index (Phi) is 1.69. The topological polar surface area (TPSA) is 12.5 Å². The van der Waals surface area contributed by atoms with E-state index in [0.717, 1.165) is 6.61 Å². The minimum Gasteiger partial charge on any atom is -0.372 e. The number of epoxide rings is 1. The summed E-state index contributed by atoms with van der Waals surface area (Å²) in [7, 11) is 0. The minimum absolute atomic E-state index is 0.182. The summed E-state index contributed by atoms with van der Waals surface area (Å²) >= 11 is 0. The van der Waals surface area contributed by atoms with Gasteiger partial charge in [0.1, 0.15) is 0 Å². The summed E-state index contributed by atoms with van der Waals surface area (Å²) in [6.07, 6.45) is 0.430. The molecule has 0 saturated carbocycles. The number of ether oxygens (including phenoxy) is 1. The van der Waals surface area contributed by atoms with Crippen molar-refractivity contribution in [3.63, 3.8) is 0 Å². The molecule has 0 amide bonds. The van der Waals surface area contributed by atoms with Gasteiger partial charge < -0.3 is 4.74 Å². The Labute approximate surface area is 73.4 Å². The van der Waals surface area contributed by atoms with Gasteiger partial charge in [-0.2, -0.15) is 0 Å². The van der Waals surface area contributed by atoms with Crippen molar-refractivity contribution in [3.05, 3.63) is 35.9 Å². The molecule has 1 heteroatoms. The summed E-state index contributed by atoms with van der Waals surface area (Å²) in [5.41, 5.74) is 1.55. The van der Waals surface area contributed by atoms with Crippen LogP contribution in [0.15, 0.2) is 30.3 Å². The Morgan fingerprint density at radius 1 is 1.25 bits per heavy atom. The maximum Gasteiger partial charge on any atom is 0.0900 e. The molecule has 1 atom stereocenters. The van der Waals surface area contributed by atoms with E-state index in [1.165, 1.54) is 5.56 Å². The van der Waals surface area contributed by atoms with Crippen LogP contribution < -0.4 is 0 Å². The monoisotopic (exact) mass is 162 g/mol. The van der Waals surface area contributed by atoms with Crippen molar-refractivity contribution in [1.29, 1.82) is 0 Å². The normalized spacial score (nSPS) is 22.3. The van der Waals surface area contributed by atoms with Gasteiger partial charge >= 0.3 is 0 Å². The van der Waals surface area contributed by atoms with E-state index in [1.807, 2.05) is 6.07 Å². The lowest BCUT2D eigenvalue weighted by Gasteiger charge is -2.22. The van der Waals surface area contributed by atoms with E-state index in [4.69, 9.17) is 4.74 Å². The fourth-order valence-electron chi connectivity index (χ4n) is 1.52. The molecule has 0 aliphatic carbocycles. The second-order valence-corrected chi connectivity index (χ2v) is 3.91. The van der Waals surface area contributed by atoms with Gasteiger partial charge in [-0.25, -0.2) is 0 Å². The number of hydrogen-bond acceptors (Lipinski definition) is 1. The Hall–Kier alpha value is -0.820. The molecule has 1 aromatic rings. The molecule has 0 spiro atoms. The highest BCUT2D eigenvalue weighted by molar-refractivity contribution is 5.26. The van der Waals surface area contributed by atoms with Crippen molar-refractivity contribution >= 4 is 0 Å². The van der Waals surface area contributed by atoms with Crippen LogP contribution in [0.25, 0.3) is 0 Å². The van der Waals surface area contributed by atoms with Crippen molar-refractivity contribution in [2.24, 2.45) is 0 Å². The maximum absolute atomic E-state index is 5.33. The molecule has 12 heavy (non-hydrogen) atoms. The van der Waals surface area contributed by atoms with Crippen LogP contribution in [-0.2, 0) is 10.2 Å². The first kappa shape index (κ1) is 7.81. The second kappa shape index (κ2) is 2.60. The van der Waals surface area contributed by atoms with Gasteiger partial charge in [-0.3, -0.25) is 0 Å². The number of hydrogen-bond donors (Lipinski definition) is 0. The molecule has 1 unspecified atom stereocenters. The summed E-state index contributed by atoms with van der Waals surface area (Å²) in [6, 6.07) is 10.6. The first-order valence-corrected chi connectivity index (χ1v) is 4.38. The molecule has 1 aromatic carbocycles. The standard InChI is InChI=1S/C11H14O/c1-11(2,10-8-12-10)9-6-4-3-5-7-9/h3-7,10H,8H2,1-2H3. The van der Waals surface area contributed by atoms with Crippen molar-refractivity contribution in [1.82, 2.24) is 0 Å². The van der Waals surface area contributed by atoms with Crippen LogP contribution in [-0.4, -0.2) is 12.7 Å². The fraction of sp³-hybridized carbons (Fsp3) is 0.455. The van der Waals surface area contributed by atoms with Gasteiger partial charge in [0.25, 0.3) is 0 Å². The molecule has 64 valence electrons. The van der Waals surface area contributed by atoms with Crippen molar-refractivity contribution in [2.75, 3.05) is 6.61 Å². The third-order valence-corrected chi connectivity index (χ3v) is 2.66. The van der Waals surface area contributed by atoms with Gasteiger partial charge in [0.05, 0.1) is 12.7 Å². The van der Waals surface area contributed by atoms with E-state index in [0.29, 0.717) is 6.10 Å². The van der Waals surface area contributed by atoms with Crippen LogP contribution in [0.4, 0.5) is 0 Å². The van der Waals surface area contributed by atoms with Crippen LogP contribution in [0.1, 0.15) is 19.4 Å². The molecule has 0 bridgehead atoms. The molecule has 1 fully saturated rings. The van der Waals surface area contributed by atoms with Crippen molar-refractivity contribution < 1.29 is 4.74 Å². The predicted octanol–water partition coefficient (Wildman–Crippen LogP) is 2.36. The molecule has 1 aliphatic heterocycles. The molecule has 1 saturated heterocycles. The molecule has 0 aromatic heterocycles. The van der Waals surface area contributed by atoms with Gasteiger partial charge in [-0.15, -0.1) is 0 Å². The zero-order valence-electron chi connectivity index (χ0n) is 7.58. The Morgan fingerprint density at radius 3 is 2.33 bits per heavy atom. The predicted molar refractivity (Wildman–Crippen MR) is 49.2 cm³/mol. The average Bonchev–Trinajstić information content (AvgIpc) is 2.88. The summed E-state index contributed by atoms with van der Waals surface area (Å²) in [5, 5.41) is 0. The van der Waals surface area contributed by atoms with Crippen molar-refractivity contribution in [3.8, 4) is 0 Å². The highest BCUT2D eigenvalue weighted by atomic mass is 16.6. The highest BCUT2D eigenvalue weighted by Gasteiger charge is 2.40. The van der Waals surface area contributed by atoms with E-state index in [2.05, 4.69) is 38.1 Å². The highest BCUT2D eigenvalue weighted by Crippen LogP contribution is 2.35. The van der Waals surface area contributed by atoms with Gasteiger partial charge in [0.2, 0.25) is 0 Å². The quantitative estimate of drug-likeness (QED) is 0.608. The van der Waals surface area contributed by atoms with E-state index in [9.17, 15) is 0 Å². The molecule has 0 N–H and O–H groups in total. The molecule has 1 aliphatic rings. The Bertz CT molecular complexity index is 260. The molecule has 0 radical (unpaired) electrons. The first-order chi connectivity index (χ1) is 5.71. The van der Waals surface area contributed by atoms with Gasteiger partial charge in [0.15, 0.2) is 0 Å². The zero-order valence-corrected chi connectivity index (χ0v) is 7.58. The number of benzene rings is 1. The maximum atomic E-state index is 5.33. The van der Waals surface area contributed by atoms with Crippen LogP contribution in [0, 0.1) is 0 Å². The third kappa shape index (κ3) is 1.25. The van der Waals surface area contributed by atoms with Gasteiger partial charge in [-0.05, 0) is 5.56 Å². The van der Waals surface area contributed by atoms with E-state index in [1.54, 1.807) is 0 Å². The Balaban J connectivity index is 2.28. The van der Waals surface area contributed by atoms with Crippen LogP contribution in [0.3, 0.4) is 0 Å². The lowest BCUT2D eigenvalue weighted by atomic mass is 9.82. The smallest absolute Gasteiger partial charge is 0.0900 e. The first-order valence-electron chi connectivity index (χ1n) is 4.38. The fourth-order valence-corrected chi connectivity index (χ4v) is 1.52. The zero-order chi connectivity index (χ0) is 8.60. The summed E-state index contributed by atoms with van der Waals surface area (Å²) in [4.78, 5) is 0. The van der Waals surface area contributed by atoms with Crippen LogP contribution >= 0.6 is 0 Å². The van der Waals surface area contributed by atoms with E-state index >= 15 is 0 Å². The van der Waals surface area contributed by atoms with E-state index in [-0.39, 0.29) is 5.41 Å². The molecule has 1 nitrogen and oxygen atoms in total. The lowest BCUT2D eigenvalue weighted by molar-refractivity contribution is 0.319. The van der Waals surface area contributed by atoms with Gasteiger partial charge in [0, 0.05) is 5.41 Å². The largest absolute Gasteiger partial charge is 0.372 e. The second-order valence-electron chi connectivity index (χ2n) is 3.91. The molecule has 2 rings (SSSR count).